The molecule has 1 fully saturated rings. The lowest BCUT2D eigenvalue weighted by Crippen LogP contribution is -2.48. The number of sulfonamides is 1. The number of nitrogens with zero attached hydrogens (tertiary/aromatic N) is 4. The molecule has 2 aromatic heterocycles. The van der Waals surface area contributed by atoms with Crippen LogP contribution in [-0.4, -0.2) is 53.9 Å². The summed E-state index contributed by atoms with van der Waals surface area (Å²) in [4.78, 5) is 6.71. The van der Waals surface area contributed by atoms with Crippen LogP contribution in [0.4, 0.5) is 0 Å². The Morgan fingerprint density at radius 3 is 2.63 bits per heavy atom. The van der Waals surface area contributed by atoms with E-state index in [1.54, 1.807) is 42.7 Å². The Bertz CT molecular complexity index is 1010. The van der Waals surface area contributed by atoms with E-state index >= 15 is 0 Å². The molecule has 0 spiro atoms. The van der Waals surface area contributed by atoms with Crippen molar-refractivity contribution in [1.82, 2.24) is 19.3 Å². The van der Waals surface area contributed by atoms with Crippen LogP contribution in [0.15, 0.2) is 61.0 Å². The zero-order valence-corrected chi connectivity index (χ0v) is 16.7. The molecule has 0 aliphatic carbocycles. The molecular weight excluding hydrogens is 436 g/mol. The molecule has 0 atom stereocenters. The molecule has 1 aliphatic rings. The summed E-state index contributed by atoms with van der Waals surface area (Å²) in [7, 11) is -3.49. The van der Waals surface area contributed by atoms with Crippen LogP contribution in [-0.2, 0) is 16.6 Å². The largest absolute Gasteiger partial charge is 0.461 e. The number of piperazine rings is 1. The molecule has 10 heteroatoms. The maximum absolute atomic E-state index is 12.8. The van der Waals surface area contributed by atoms with Crippen LogP contribution in [0.25, 0.3) is 11.6 Å². The fourth-order valence-corrected chi connectivity index (χ4v) is 4.94. The lowest BCUT2D eigenvalue weighted by Gasteiger charge is -2.33. The van der Waals surface area contributed by atoms with E-state index in [1.165, 1.54) is 4.31 Å². The molecule has 3 aromatic rings. The molecule has 0 saturated carbocycles. The Kier molecular flexibility index (Phi) is 5.13. The molecule has 0 unspecified atom stereocenters. The first-order valence-electron chi connectivity index (χ1n) is 8.37. The van der Waals surface area contributed by atoms with Crippen molar-refractivity contribution in [1.29, 1.82) is 0 Å². The second-order valence-electron chi connectivity index (χ2n) is 6.13. The van der Waals surface area contributed by atoms with E-state index in [0.717, 1.165) is 4.47 Å². The fraction of sp³-hybridized carbons (Fsp3) is 0.294. The van der Waals surface area contributed by atoms with Gasteiger partial charge < -0.3 is 8.94 Å². The van der Waals surface area contributed by atoms with Crippen molar-refractivity contribution in [2.75, 3.05) is 26.2 Å². The molecule has 0 radical (unpaired) electrons. The minimum atomic E-state index is -3.49. The summed E-state index contributed by atoms with van der Waals surface area (Å²) in [6.07, 6.45) is 1.55. The standard InChI is InChI=1S/C17H17BrN4O4S/c18-13-3-1-4-14(11-13)27(23,24)22-8-6-21(7-9-22)12-16-19-17(20-26-16)15-5-2-10-25-15/h1-5,10-11H,6-9,12H2. The highest BCUT2D eigenvalue weighted by atomic mass is 79.9. The van der Waals surface area contributed by atoms with Crippen molar-refractivity contribution in [2.24, 2.45) is 0 Å². The highest BCUT2D eigenvalue weighted by Crippen LogP contribution is 2.22. The molecule has 3 heterocycles. The highest BCUT2D eigenvalue weighted by molar-refractivity contribution is 9.10. The van der Waals surface area contributed by atoms with E-state index < -0.39 is 10.0 Å². The molecule has 0 bridgehead atoms. The summed E-state index contributed by atoms with van der Waals surface area (Å²) in [5.41, 5.74) is 0. The normalized spacial score (nSPS) is 16.6. The average molecular weight is 453 g/mol. The van der Waals surface area contributed by atoms with Gasteiger partial charge in [0.1, 0.15) is 0 Å². The molecule has 1 saturated heterocycles. The van der Waals surface area contributed by atoms with Crippen molar-refractivity contribution in [2.45, 2.75) is 11.4 Å². The lowest BCUT2D eigenvalue weighted by atomic mass is 10.3. The van der Waals surface area contributed by atoms with Gasteiger partial charge in [0.15, 0.2) is 5.76 Å². The van der Waals surface area contributed by atoms with Crippen LogP contribution in [0.1, 0.15) is 5.89 Å². The van der Waals surface area contributed by atoms with Crippen molar-refractivity contribution >= 4 is 26.0 Å². The van der Waals surface area contributed by atoms with Gasteiger partial charge in [-0.3, -0.25) is 4.90 Å². The topological polar surface area (TPSA) is 92.7 Å². The van der Waals surface area contributed by atoms with Gasteiger partial charge >= 0.3 is 0 Å². The second kappa shape index (κ2) is 7.55. The van der Waals surface area contributed by atoms with Crippen molar-refractivity contribution in [3.63, 3.8) is 0 Å². The molecule has 0 amide bonds. The third kappa shape index (κ3) is 3.98. The van der Waals surface area contributed by atoms with Crippen LogP contribution >= 0.6 is 15.9 Å². The zero-order valence-electron chi connectivity index (χ0n) is 14.3. The Labute approximate surface area is 164 Å². The third-order valence-corrected chi connectivity index (χ3v) is 6.72. The van der Waals surface area contributed by atoms with Gasteiger partial charge in [0.05, 0.1) is 17.7 Å². The summed E-state index contributed by atoms with van der Waals surface area (Å²) in [6.45, 7) is 2.47. The molecule has 4 rings (SSSR count). The Morgan fingerprint density at radius 1 is 1.11 bits per heavy atom. The Balaban J connectivity index is 1.38. The molecule has 142 valence electrons. The zero-order chi connectivity index (χ0) is 18.9. The average Bonchev–Trinajstić information content (AvgIpc) is 3.34. The summed E-state index contributed by atoms with van der Waals surface area (Å²) in [6, 6.07) is 10.3. The first-order chi connectivity index (χ1) is 13.0. The summed E-state index contributed by atoms with van der Waals surface area (Å²) in [5, 5.41) is 3.91. The summed E-state index contributed by atoms with van der Waals surface area (Å²) < 4.78 is 38.3. The number of furan rings is 1. The van der Waals surface area contributed by atoms with Gasteiger partial charge in [-0.2, -0.15) is 9.29 Å². The molecule has 1 aromatic carbocycles. The SMILES string of the molecule is O=S(=O)(c1cccc(Br)c1)N1CCN(Cc2nc(-c3ccco3)no2)CC1. The minimum absolute atomic E-state index is 0.297. The Morgan fingerprint density at radius 2 is 1.93 bits per heavy atom. The second-order valence-corrected chi connectivity index (χ2v) is 8.98. The monoisotopic (exact) mass is 452 g/mol. The number of hydrogen-bond donors (Lipinski definition) is 0. The first kappa shape index (κ1) is 18.4. The van der Waals surface area contributed by atoms with E-state index in [2.05, 4.69) is 31.0 Å². The van der Waals surface area contributed by atoms with Gasteiger partial charge in [0, 0.05) is 30.7 Å². The van der Waals surface area contributed by atoms with E-state index in [1.807, 2.05) is 0 Å². The van der Waals surface area contributed by atoms with Crippen LogP contribution in [0, 0.1) is 0 Å². The number of benzene rings is 1. The summed E-state index contributed by atoms with van der Waals surface area (Å²) >= 11 is 3.32. The van der Waals surface area contributed by atoms with Crippen molar-refractivity contribution < 1.29 is 17.4 Å². The van der Waals surface area contributed by atoms with Gasteiger partial charge in [0.2, 0.25) is 21.7 Å². The molecule has 1 aliphatic heterocycles. The van der Waals surface area contributed by atoms with E-state index in [0.29, 0.717) is 55.1 Å². The van der Waals surface area contributed by atoms with E-state index in [-0.39, 0.29) is 0 Å². The smallest absolute Gasteiger partial charge is 0.243 e. The van der Waals surface area contributed by atoms with Crippen LogP contribution in [0.5, 0.6) is 0 Å². The molecule has 0 N–H and O–H groups in total. The van der Waals surface area contributed by atoms with Crippen molar-refractivity contribution in [3.8, 4) is 11.6 Å². The number of hydrogen-bond acceptors (Lipinski definition) is 7. The quantitative estimate of drug-likeness (QED) is 0.587. The fourth-order valence-electron chi connectivity index (χ4n) is 2.92. The minimum Gasteiger partial charge on any atom is -0.461 e. The summed E-state index contributed by atoms with van der Waals surface area (Å²) in [5.74, 6) is 1.44. The predicted octanol–water partition coefficient (Wildman–Crippen LogP) is 2.60. The van der Waals surface area contributed by atoms with Crippen LogP contribution in [0.2, 0.25) is 0 Å². The Hall–Kier alpha value is -2.01. The maximum Gasteiger partial charge on any atom is 0.243 e. The number of aromatic nitrogens is 2. The third-order valence-electron chi connectivity index (χ3n) is 4.33. The maximum atomic E-state index is 12.8. The number of rotatable bonds is 5. The van der Waals surface area contributed by atoms with Gasteiger partial charge in [-0.15, -0.1) is 0 Å². The van der Waals surface area contributed by atoms with Crippen LogP contribution < -0.4 is 0 Å². The first-order valence-corrected chi connectivity index (χ1v) is 10.6. The molecular formula is C17H17BrN4O4S. The van der Waals surface area contributed by atoms with Gasteiger partial charge in [-0.25, -0.2) is 8.42 Å². The highest BCUT2D eigenvalue weighted by Gasteiger charge is 2.29. The lowest BCUT2D eigenvalue weighted by molar-refractivity contribution is 0.163. The van der Waals surface area contributed by atoms with Gasteiger partial charge in [-0.1, -0.05) is 27.2 Å². The molecule has 27 heavy (non-hydrogen) atoms. The van der Waals surface area contributed by atoms with Crippen LogP contribution in [0.3, 0.4) is 0 Å². The van der Waals surface area contributed by atoms with Gasteiger partial charge in [-0.05, 0) is 30.3 Å². The van der Waals surface area contributed by atoms with E-state index in [9.17, 15) is 8.42 Å². The molecule has 8 nitrogen and oxygen atoms in total. The number of halogens is 1. The predicted molar refractivity (Wildman–Crippen MR) is 100 cm³/mol. The van der Waals surface area contributed by atoms with Crippen molar-refractivity contribution in [3.05, 3.63) is 53.0 Å². The van der Waals surface area contributed by atoms with Gasteiger partial charge in [0.25, 0.3) is 0 Å². The van der Waals surface area contributed by atoms with E-state index in [4.69, 9.17) is 8.94 Å².